The highest BCUT2D eigenvalue weighted by atomic mass is 15.0. The average Bonchev–Trinajstić information content (AvgIpc) is 1.81. The number of nitrogens with one attached hydrogen (secondary N) is 2. The van der Waals surface area contributed by atoms with Crippen molar-refractivity contribution in [2.75, 3.05) is 13.2 Å². The molecule has 0 bridgehead atoms. The fraction of sp³-hybridized carbons (Fsp3) is 0.667. The molecular formula is C6H14N2. The normalized spacial score (nSPS) is 10.2. The van der Waals surface area contributed by atoms with Gasteiger partial charge in [0.25, 0.3) is 0 Å². The van der Waals surface area contributed by atoms with Crippen molar-refractivity contribution in [1.82, 2.24) is 10.6 Å². The molecule has 0 unspecified atom stereocenters. The van der Waals surface area contributed by atoms with Crippen LogP contribution in [0.25, 0.3) is 0 Å². The lowest BCUT2D eigenvalue weighted by molar-refractivity contribution is 0.675. The van der Waals surface area contributed by atoms with E-state index in [0.717, 1.165) is 13.2 Å². The largest absolute Gasteiger partial charge is 0.379 e. The van der Waals surface area contributed by atoms with Crippen molar-refractivity contribution in [3.63, 3.8) is 0 Å². The van der Waals surface area contributed by atoms with Crippen LogP contribution in [0.5, 0.6) is 0 Å². The highest BCUT2D eigenvalue weighted by molar-refractivity contribution is 4.72. The van der Waals surface area contributed by atoms with Gasteiger partial charge >= 0.3 is 0 Å². The van der Waals surface area contributed by atoms with Gasteiger partial charge in [-0.1, -0.05) is 13.0 Å². The van der Waals surface area contributed by atoms with Crippen molar-refractivity contribution in [3.05, 3.63) is 12.3 Å². The van der Waals surface area contributed by atoms with Gasteiger partial charge in [-0.2, -0.15) is 0 Å². The summed E-state index contributed by atoms with van der Waals surface area (Å²) in [6.07, 6.45) is 3.89. The Bertz CT molecular complexity index is 59.5. The van der Waals surface area contributed by atoms with Crippen LogP contribution in [-0.2, 0) is 0 Å². The Morgan fingerprint density at radius 3 is 2.75 bits per heavy atom. The molecule has 0 aromatic carbocycles. The molecule has 8 heavy (non-hydrogen) atoms. The second kappa shape index (κ2) is 6.50. The predicted octanol–water partition coefficient (Wildman–Crippen LogP) is 0.677. The van der Waals surface area contributed by atoms with E-state index in [2.05, 4.69) is 17.6 Å². The molecule has 0 aliphatic rings. The smallest absolute Gasteiger partial charge is 0.0647 e. The van der Waals surface area contributed by atoms with Gasteiger partial charge in [-0.15, -0.1) is 0 Å². The van der Waals surface area contributed by atoms with Crippen molar-refractivity contribution in [2.24, 2.45) is 0 Å². The lowest BCUT2D eigenvalue weighted by Crippen LogP contribution is -2.24. The molecule has 0 aliphatic carbocycles. The monoisotopic (exact) mass is 114 g/mol. The highest BCUT2D eigenvalue weighted by Gasteiger charge is 1.71. The molecule has 0 radical (unpaired) electrons. The van der Waals surface area contributed by atoms with E-state index < -0.39 is 0 Å². The first-order valence-corrected chi connectivity index (χ1v) is 2.97. The summed E-state index contributed by atoms with van der Waals surface area (Å²) < 4.78 is 0. The predicted molar refractivity (Wildman–Crippen MR) is 36.5 cm³/mol. The van der Waals surface area contributed by atoms with Gasteiger partial charge in [0.05, 0.1) is 6.67 Å². The molecule has 0 aromatic heterocycles. The first-order valence-electron chi connectivity index (χ1n) is 2.97. The van der Waals surface area contributed by atoms with Crippen LogP contribution in [-0.4, -0.2) is 13.2 Å². The Morgan fingerprint density at radius 2 is 2.25 bits per heavy atom. The molecule has 0 heterocycles. The summed E-state index contributed by atoms with van der Waals surface area (Å²) in [6, 6.07) is 0. The summed E-state index contributed by atoms with van der Waals surface area (Å²) in [4.78, 5) is 0. The molecule has 0 atom stereocenters. The molecule has 2 N–H and O–H groups in total. The molecule has 0 saturated carbocycles. The number of allylic oxidation sites excluding steroid dienone is 1. The fourth-order valence-electron chi connectivity index (χ4n) is 0.374. The number of hydrogen-bond acceptors (Lipinski definition) is 2. The van der Waals surface area contributed by atoms with Gasteiger partial charge in [-0.3, -0.25) is 0 Å². The summed E-state index contributed by atoms with van der Waals surface area (Å²) in [6.45, 7) is 5.95. The van der Waals surface area contributed by atoms with Crippen molar-refractivity contribution >= 4 is 0 Å². The molecular weight excluding hydrogens is 100 g/mol. The minimum absolute atomic E-state index is 0.862. The second-order valence-electron chi connectivity index (χ2n) is 1.48. The van der Waals surface area contributed by atoms with Gasteiger partial charge in [-0.05, 0) is 19.7 Å². The molecule has 0 saturated heterocycles. The van der Waals surface area contributed by atoms with Gasteiger partial charge in [0.15, 0.2) is 0 Å². The van der Waals surface area contributed by atoms with Crippen LogP contribution in [0.1, 0.15) is 13.8 Å². The summed E-state index contributed by atoms with van der Waals surface area (Å²) in [7, 11) is 0. The zero-order valence-corrected chi connectivity index (χ0v) is 5.57. The van der Waals surface area contributed by atoms with Crippen molar-refractivity contribution in [3.8, 4) is 0 Å². The average molecular weight is 114 g/mol. The van der Waals surface area contributed by atoms with Crippen LogP contribution in [0, 0.1) is 0 Å². The van der Waals surface area contributed by atoms with Crippen molar-refractivity contribution in [2.45, 2.75) is 13.8 Å². The van der Waals surface area contributed by atoms with Crippen LogP contribution in [0.3, 0.4) is 0 Å². The van der Waals surface area contributed by atoms with Gasteiger partial charge in [0, 0.05) is 0 Å². The number of rotatable bonds is 4. The molecule has 2 heteroatoms. The lowest BCUT2D eigenvalue weighted by Gasteiger charge is -1.97. The topological polar surface area (TPSA) is 24.1 Å². The van der Waals surface area contributed by atoms with E-state index in [1.807, 2.05) is 19.2 Å². The lowest BCUT2D eigenvalue weighted by atomic mass is 10.7. The van der Waals surface area contributed by atoms with Crippen LogP contribution >= 0.6 is 0 Å². The standard InChI is InChI=1S/C6H14N2/c1-3-5-8-6-7-4-2/h3,5,7-8H,4,6H2,1-2H3/b5-3-. The maximum Gasteiger partial charge on any atom is 0.0647 e. The maximum absolute atomic E-state index is 3.12. The Morgan fingerprint density at radius 1 is 1.50 bits per heavy atom. The Hall–Kier alpha value is -0.500. The van der Waals surface area contributed by atoms with E-state index in [-0.39, 0.29) is 0 Å². The van der Waals surface area contributed by atoms with E-state index in [9.17, 15) is 0 Å². The minimum Gasteiger partial charge on any atom is -0.379 e. The summed E-state index contributed by atoms with van der Waals surface area (Å²) in [5.41, 5.74) is 0. The molecule has 48 valence electrons. The third-order valence-corrected chi connectivity index (χ3v) is 0.762. The molecule has 0 rings (SSSR count). The minimum atomic E-state index is 0.862. The van der Waals surface area contributed by atoms with Gasteiger partial charge in [-0.25, -0.2) is 0 Å². The highest BCUT2D eigenvalue weighted by Crippen LogP contribution is 1.59. The van der Waals surface area contributed by atoms with Crippen LogP contribution in [0.4, 0.5) is 0 Å². The quantitative estimate of drug-likeness (QED) is 0.415. The summed E-state index contributed by atoms with van der Waals surface area (Å²) >= 11 is 0. The summed E-state index contributed by atoms with van der Waals surface area (Å²) in [5, 5.41) is 6.16. The Balaban J connectivity index is 2.72. The zero-order valence-electron chi connectivity index (χ0n) is 5.57. The van der Waals surface area contributed by atoms with Crippen LogP contribution in [0.2, 0.25) is 0 Å². The van der Waals surface area contributed by atoms with Crippen molar-refractivity contribution < 1.29 is 0 Å². The maximum atomic E-state index is 3.12. The number of hydrogen-bond donors (Lipinski definition) is 2. The van der Waals surface area contributed by atoms with Gasteiger partial charge in [0.1, 0.15) is 0 Å². The molecule has 2 nitrogen and oxygen atoms in total. The van der Waals surface area contributed by atoms with Gasteiger partial charge in [0.2, 0.25) is 0 Å². The van der Waals surface area contributed by atoms with Crippen LogP contribution < -0.4 is 10.6 Å². The third kappa shape index (κ3) is 5.50. The van der Waals surface area contributed by atoms with Gasteiger partial charge < -0.3 is 10.6 Å². The molecule has 0 aromatic rings. The first kappa shape index (κ1) is 7.50. The van der Waals surface area contributed by atoms with E-state index >= 15 is 0 Å². The van der Waals surface area contributed by atoms with Crippen molar-refractivity contribution in [1.29, 1.82) is 0 Å². The second-order valence-corrected chi connectivity index (χ2v) is 1.48. The molecule has 0 fully saturated rings. The van der Waals surface area contributed by atoms with E-state index in [1.54, 1.807) is 0 Å². The Kier molecular flexibility index (Phi) is 6.09. The third-order valence-electron chi connectivity index (χ3n) is 0.762. The van der Waals surface area contributed by atoms with Crippen LogP contribution in [0.15, 0.2) is 12.3 Å². The molecule has 0 spiro atoms. The van der Waals surface area contributed by atoms with E-state index in [0.29, 0.717) is 0 Å². The Labute approximate surface area is 51.0 Å². The summed E-state index contributed by atoms with van der Waals surface area (Å²) in [5.74, 6) is 0. The SMILES string of the molecule is C/C=C\NCNCC. The molecule has 0 aliphatic heterocycles. The fourth-order valence-corrected chi connectivity index (χ4v) is 0.374. The zero-order chi connectivity index (χ0) is 6.24. The van der Waals surface area contributed by atoms with E-state index in [4.69, 9.17) is 0 Å². The van der Waals surface area contributed by atoms with E-state index in [1.165, 1.54) is 0 Å². The molecule has 0 amide bonds. The first-order chi connectivity index (χ1) is 3.91.